The zero-order valence-electron chi connectivity index (χ0n) is 9.55. The summed E-state index contributed by atoms with van der Waals surface area (Å²) in [5.41, 5.74) is 0.956. The van der Waals surface area contributed by atoms with Gasteiger partial charge in [0.15, 0.2) is 0 Å². The van der Waals surface area contributed by atoms with Gasteiger partial charge in [-0.15, -0.1) is 0 Å². The van der Waals surface area contributed by atoms with Crippen molar-refractivity contribution in [1.29, 1.82) is 0 Å². The molecule has 0 aromatic heterocycles. The van der Waals surface area contributed by atoms with Gasteiger partial charge in [-0.2, -0.15) is 0 Å². The van der Waals surface area contributed by atoms with E-state index in [1.54, 1.807) is 24.3 Å². The Morgan fingerprint density at radius 1 is 1.28 bits per heavy atom. The van der Waals surface area contributed by atoms with Gasteiger partial charge < -0.3 is 5.11 Å². The first-order chi connectivity index (χ1) is 8.61. The van der Waals surface area contributed by atoms with Crippen LogP contribution < -0.4 is 10.2 Å². The highest BCUT2D eigenvalue weighted by molar-refractivity contribution is 6.52. The van der Waals surface area contributed by atoms with Gasteiger partial charge >= 0.3 is 11.9 Å². The van der Waals surface area contributed by atoms with Crippen LogP contribution in [0.5, 0.6) is 0 Å². The normalized spacial score (nSPS) is 13.9. The van der Waals surface area contributed by atoms with Crippen LogP contribution in [0.1, 0.15) is 16.8 Å². The van der Waals surface area contributed by atoms with Gasteiger partial charge in [-0.3, -0.25) is 24.6 Å². The summed E-state index contributed by atoms with van der Waals surface area (Å²) in [5.74, 6) is -2.02. The van der Waals surface area contributed by atoms with E-state index in [1.807, 2.05) is 0 Å². The van der Waals surface area contributed by atoms with Crippen LogP contribution in [0, 0.1) is 0 Å². The van der Waals surface area contributed by atoms with Crippen LogP contribution in [0.25, 0.3) is 0 Å². The van der Waals surface area contributed by atoms with Crippen molar-refractivity contribution in [2.45, 2.75) is 6.42 Å². The maximum absolute atomic E-state index is 11.7. The number of aliphatic carboxylic acids is 1. The Kier molecular flexibility index (Phi) is 3.38. The first-order valence-corrected chi connectivity index (χ1v) is 5.49. The highest BCUT2D eigenvalue weighted by Crippen LogP contribution is 2.27. The number of anilines is 1. The van der Waals surface area contributed by atoms with E-state index in [2.05, 4.69) is 5.32 Å². The van der Waals surface area contributed by atoms with E-state index >= 15 is 0 Å². The van der Waals surface area contributed by atoms with E-state index in [-0.39, 0.29) is 19.6 Å². The van der Waals surface area contributed by atoms with Crippen molar-refractivity contribution in [3.8, 4) is 0 Å². The first-order valence-electron chi connectivity index (χ1n) is 5.49. The predicted molar refractivity (Wildman–Crippen MR) is 63.4 cm³/mol. The number of amides is 1. The SMILES string of the molecule is O=C(O)CCNCN1C(=O)C(=O)c2ccccc21. The largest absolute Gasteiger partial charge is 0.481 e. The summed E-state index contributed by atoms with van der Waals surface area (Å²) in [6.45, 7) is 0.379. The van der Waals surface area contributed by atoms with E-state index < -0.39 is 17.7 Å². The Balaban J connectivity index is 2.03. The van der Waals surface area contributed by atoms with Crippen LogP contribution in [0.3, 0.4) is 0 Å². The number of para-hydroxylation sites is 1. The van der Waals surface area contributed by atoms with Crippen LogP contribution in [-0.4, -0.2) is 36.0 Å². The number of nitrogens with one attached hydrogen (secondary N) is 1. The lowest BCUT2D eigenvalue weighted by Crippen LogP contribution is -2.38. The Morgan fingerprint density at radius 3 is 2.72 bits per heavy atom. The van der Waals surface area contributed by atoms with Gasteiger partial charge in [-0.25, -0.2) is 0 Å². The second-order valence-corrected chi connectivity index (χ2v) is 3.88. The Hall–Kier alpha value is -2.21. The van der Waals surface area contributed by atoms with Crippen molar-refractivity contribution in [3.05, 3.63) is 29.8 Å². The lowest BCUT2D eigenvalue weighted by Gasteiger charge is -2.16. The van der Waals surface area contributed by atoms with Gasteiger partial charge in [0.05, 0.1) is 24.3 Å². The smallest absolute Gasteiger partial charge is 0.304 e. The molecule has 1 aliphatic rings. The summed E-state index contributed by atoms with van der Waals surface area (Å²) in [5, 5.41) is 11.3. The molecular weight excluding hydrogens is 236 g/mol. The summed E-state index contributed by atoms with van der Waals surface area (Å²) in [4.78, 5) is 35.0. The van der Waals surface area contributed by atoms with Crippen LogP contribution in [0.2, 0.25) is 0 Å². The highest BCUT2D eigenvalue weighted by atomic mass is 16.4. The third-order valence-corrected chi connectivity index (χ3v) is 2.66. The molecule has 18 heavy (non-hydrogen) atoms. The lowest BCUT2D eigenvalue weighted by atomic mass is 10.1. The quantitative estimate of drug-likeness (QED) is 0.575. The second kappa shape index (κ2) is 4.97. The maximum Gasteiger partial charge on any atom is 0.304 e. The molecule has 0 saturated heterocycles. The molecule has 0 radical (unpaired) electrons. The average Bonchev–Trinajstić information content (AvgIpc) is 2.59. The fraction of sp³-hybridized carbons (Fsp3) is 0.250. The van der Waals surface area contributed by atoms with Crippen LogP contribution in [0.15, 0.2) is 24.3 Å². The molecule has 6 heteroatoms. The van der Waals surface area contributed by atoms with Crippen molar-refractivity contribution in [1.82, 2.24) is 5.32 Å². The van der Waals surface area contributed by atoms with E-state index in [0.29, 0.717) is 11.3 Å². The maximum atomic E-state index is 11.7. The van der Waals surface area contributed by atoms with E-state index in [4.69, 9.17) is 5.11 Å². The molecule has 1 amide bonds. The molecule has 0 fully saturated rings. The second-order valence-electron chi connectivity index (χ2n) is 3.88. The molecule has 1 aromatic carbocycles. The first kappa shape index (κ1) is 12.3. The van der Waals surface area contributed by atoms with Crippen molar-refractivity contribution < 1.29 is 19.5 Å². The van der Waals surface area contributed by atoms with Crippen LogP contribution >= 0.6 is 0 Å². The minimum atomic E-state index is -0.910. The van der Waals surface area contributed by atoms with Gasteiger partial charge in [-0.1, -0.05) is 12.1 Å². The minimum Gasteiger partial charge on any atom is -0.481 e. The van der Waals surface area contributed by atoms with Crippen molar-refractivity contribution >= 4 is 23.3 Å². The molecule has 1 heterocycles. The van der Waals surface area contributed by atoms with Gasteiger partial charge in [0, 0.05) is 6.54 Å². The van der Waals surface area contributed by atoms with E-state index in [1.165, 1.54) is 4.90 Å². The number of carboxylic acids is 1. The van der Waals surface area contributed by atoms with Gasteiger partial charge in [0.1, 0.15) is 0 Å². The molecular formula is C12H12N2O4. The zero-order valence-corrected chi connectivity index (χ0v) is 9.55. The number of benzene rings is 1. The van der Waals surface area contributed by atoms with Crippen molar-refractivity contribution in [3.63, 3.8) is 0 Å². The summed E-state index contributed by atoms with van der Waals surface area (Å²) >= 11 is 0. The van der Waals surface area contributed by atoms with E-state index in [9.17, 15) is 14.4 Å². The minimum absolute atomic E-state index is 0.0301. The van der Waals surface area contributed by atoms with Crippen molar-refractivity contribution in [2.24, 2.45) is 0 Å². The molecule has 2 rings (SSSR count). The molecule has 6 nitrogen and oxygen atoms in total. The Bertz CT molecular complexity index is 513. The Labute approximate surface area is 103 Å². The molecule has 0 aliphatic carbocycles. The van der Waals surface area contributed by atoms with Gasteiger partial charge in [-0.05, 0) is 12.1 Å². The van der Waals surface area contributed by atoms with Crippen LogP contribution in [-0.2, 0) is 9.59 Å². The number of hydrogen-bond acceptors (Lipinski definition) is 4. The molecule has 0 atom stereocenters. The molecule has 0 unspecified atom stereocenters. The zero-order chi connectivity index (χ0) is 13.1. The molecule has 0 spiro atoms. The monoisotopic (exact) mass is 248 g/mol. The fourth-order valence-corrected chi connectivity index (χ4v) is 1.79. The summed E-state index contributed by atoms with van der Waals surface area (Å²) < 4.78 is 0. The topological polar surface area (TPSA) is 86.7 Å². The number of carbonyl (C=O) groups excluding carboxylic acids is 2. The number of carboxylic acid groups (broad SMARTS) is 1. The standard InChI is InChI=1S/C12H12N2O4/c15-10(16)5-6-13-7-14-9-4-2-1-3-8(9)11(17)12(14)18/h1-4,13H,5-7H2,(H,15,16). The fourth-order valence-electron chi connectivity index (χ4n) is 1.79. The molecule has 1 aromatic rings. The number of fused-ring (bicyclic) bond motifs is 1. The number of hydrogen-bond donors (Lipinski definition) is 2. The predicted octanol–water partition coefficient (Wildman–Crippen LogP) is 0.238. The van der Waals surface area contributed by atoms with E-state index in [0.717, 1.165) is 0 Å². The highest BCUT2D eigenvalue weighted by Gasteiger charge is 2.34. The van der Waals surface area contributed by atoms with Gasteiger partial charge in [0.2, 0.25) is 0 Å². The van der Waals surface area contributed by atoms with Crippen molar-refractivity contribution in [2.75, 3.05) is 18.1 Å². The number of nitrogens with zero attached hydrogens (tertiary/aromatic N) is 1. The molecule has 0 bridgehead atoms. The number of carbonyl (C=O) groups is 3. The molecule has 94 valence electrons. The van der Waals surface area contributed by atoms with Crippen LogP contribution in [0.4, 0.5) is 5.69 Å². The molecule has 1 aliphatic heterocycles. The van der Waals surface area contributed by atoms with Gasteiger partial charge in [0.25, 0.3) is 5.78 Å². The summed E-state index contributed by atoms with van der Waals surface area (Å²) in [7, 11) is 0. The third-order valence-electron chi connectivity index (χ3n) is 2.66. The lowest BCUT2D eigenvalue weighted by molar-refractivity contribution is -0.136. The number of rotatable bonds is 5. The summed E-state index contributed by atoms with van der Waals surface area (Å²) in [6.07, 6.45) is -0.0301. The molecule has 0 saturated carbocycles. The number of ketones is 1. The molecule has 2 N–H and O–H groups in total. The third kappa shape index (κ3) is 2.23. The Morgan fingerprint density at radius 2 is 2.00 bits per heavy atom. The average molecular weight is 248 g/mol. The summed E-state index contributed by atoms with van der Waals surface area (Å²) in [6, 6.07) is 6.74. The number of Topliss-reactive ketones (excluding diaryl/α,β-unsaturated/α-hetero) is 1.